The molecule has 3 N–H and O–H groups in total. The molecule has 3 heterocycles. The lowest BCUT2D eigenvalue weighted by atomic mass is 10.1. The van der Waals surface area contributed by atoms with Gasteiger partial charge >= 0.3 is 6.01 Å². The fourth-order valence-electron chi connectivity index (χ4n) is 2.82. The second kappa shape index (κ2) is 5.52. The van der Waals surface area contributed by atoms with Gasteiger partial charge in [-0.2, -0.15) is 5.10 Å². The van der Waals surface area contributed by atoms with Crippen molar-refractivity contribution in [2.24, 2.45) is 5.92 Å². The first kappa shape index (κ1) is 14.5. The number of hydrogen-bond acceptors (Lipinski definition) is 5. The summed E-state index contributed by atoms with van der Waals surface area (Å²) in [7, 11) is 0. The summed E-state index contributed by atoms with van der Waals surface area (Å²) in [5.74, 6) is 0.965. The standard InChI is InChI=1S/C17H18N6O/c1-10(2)8-23-9-12(6-20-23)14-7-19-15-4-3-11(5-13(14)15)16-21-22-17(18)24-16/h3-7,9-10,19H,8H2,1-2H3,(H2,18,22). The topological polar surface area (TPSA) is 98.5 Å². The van der Waals surface area contributed by atoms with Gasteiger partial charge in [0.2, 0.25) is 5.89 Å². The molecule has 0 atom stereocenters. The molecule has 7 nitrogen and oxygen atoms in total. The van der Waals surface area contributed by atoms with E-state index in [1.54, 1.807) is 0 Å². The van der Waals surface area contributed by atoms with Gasteiger partial charge in [0.05, 0.1) is 6.20 Å². The van der Waals surface area contributed by atoms with Crippen molar-refractivity contribution in [2.75, 3.05) is 5.73 Å². The van der Waals surface area contributed by atoms with E-state index in [2.05, 4.69) is 40.3 Å². The van der Waals surface area contributed by atoms with Gasteiger partial charge in [0.25, 0.3) is 0 Å². The first-order valence-electron chi connectivity index (χ1n) is 7.83. The number of nitrogens with one attached hydrogen (secondary N) is 1. The highest BCUT2D eigenvalue weighted by molar-refractivity contribution is 5.97. The normalized spacial score (nSPS) is 11.6. The van der Waals surface area contributed by atoms with Crippen LogP contribution in [0.5, 0.6) is 0 Å². The zero-order chi connectivity index (χ0) is 16.7. The fourth-order valence-corrected chi connectivity index (χ4v) is 2.82. The molecule has 0 bridgehead atoms. The number of aromatic nitrogens is 5. The number of anilines is 1. The van der Waals surface area contributed by atoms with Crippen LogP contribution >= 0.6 is 0 Å². The number of nitrogens with two attached hydrogens (primary N) is 1. The minimum Gasteiger partial charge on any atom is -0.404 e. The Bertz CT molecular complexity index is 994. The highest BCUT2D eigenvalue weighted by atomic mass is 16.4. The van der Waals surface area contributed by atoms with Crippen molar-refractivity contribution in [3.8, 4) is 22.6 Å². The summed E-state index contributed by atoms with van der Waals surface area (Å²) in [5, 5.41) is 13.2. The lowest BCUT2D eigenvalue weighted by molar-refractivity contribution is 0.483. The number of nitrogens with zero attached hydrogens (tertiary/aromatic N) is 4. The number of H-pyrrole nitrogens is 1. The quantitative estimate of drug-likeness (QED) is 0.600. The molecule has 7 heteroatoms. The monoisotopic (exact) mass is 322 g/mol. The van der Waals surface area contributed by atoms with Crippen molar-refractivity contribution in [1.82, 2.24) is 25.0 Å². The maximum atomic E-state index is 5.51. The van der Waals surface area contributed by atoms with E-state index in [0.717, 1.165) is 34.1 Å². The average molecular weight is 322 g/mol. The maximum Gasteiger partial charge on any atom is 0.313 e. The molecule has 4 aromatic rings. The molecule has 0 fully saturated rings. The van der Waals surface area contributed by atoms with Crippen molar-refractivity contribution >= 4 is 16.9 Å². The Labute approximate surface area is 138 Å². The highest BCUT2D eigenvalue weighted by Gasteiger charge is 2.12. The fraction of sp³-hybridized carbons (Fsp3) is 0.235. The maximum absolute atomic E-state index is 5.51. The van der Waals surface area contributed by atoms with Crippen molar-refractivity contribution in [3.05, 3.63) is 36.8 Å². The molecule has 122 valence electrons. The average Bonchev–Trinajstić information content (AvgIpc) is 3.25. The van der Waals surface area contributed by atoms with Crippen LogP contribution in [0, 0.1) is 5.92 Å². The van der Waals surface area contributed by atoms with Crippen molar-refractivity contribution < 1.29 is 4.42 Å². The molecule has 0 saturated heterocycles. The minimum absolute atomic E-state index is 0.0642. The first-order chi connectivity index (χ1) is 11.6. The molecule has 0 aliphatic carbocycles. The molecular weight excluding hydrogens is 304 g/mol. The minimum atomic E-state index is 0.0642. The number of aromatic amines is 1. The van der Waals surface area contributed by atoms with E-state index in [-0.39, 0.29) is 6.01 Å². The van der Waals surface area contributed by atoms with Crippen LogP contribution in [0.15, 0.2) is 41.2 Å². The largest absolute Gasteiger partial charge is 0.404 e. The third-order valence-corrected chi connectivity index (χ3v) is 3.87. The van der Waals surface area contributed by atoms with Gasteiger partial charge in [-0.05, 0) is 24.1 Å². The molecule has 0 amide bonds. The lowest BCUT2D eigenvalue weighted by Gasteiger charge is -2.03. The van der Waals surface area contributed by atoms with Gasteiger partial charge in [-0.1, -0.05) is 18.9 Å². The lowest BCUT2D eigenvalue weighted by Crippen LogP contribution is -2.03. The van der Waals surface area contributed by atoms with Gasteiger partial charge in [-0.25, -0.2) is 0 Å². The number of hydrogen-bond donors (Lipinski definition) is 2. The van der Waals surface area contributed by atoms with E-state index in [0.29, 0.717) is 11.8 Å². The van der Waals surface area contributed by atoms with Crippen molar-refractivity contribution in [1.29, 1.82) is 0 Å². The van der Waals surface area contributed by atoms with E-state index in [4.69, 9.17) is 10.2 Å². The molecule has 1 aromatic carbocycles. The van der Waals surface area contributed by atoms with Crippen LogP contribution in [0.25, 0.3) is 33.5 Å². The smallest absolute Gasteiger partial charge is 0.313 e. The second-order valence-corrected chi connectivity index (χ2v) is 6.25. The molecule has 24 heavy (non-hydrogen) atoms. The van der Waals surface area contributed by atoms with E-state index >= 15 is 0 Å². The van der Waals surface area contributed by atoms with Crippen LogP contribution in [-0.2, 0) is 6.54 Å². The van der Waals surface area contributed by atoms with Gasteiger partial charge in [-0.15, -0.1) is 5.10 Å². The summed E-state index contributed by atoms with van der Waals surface area (Å²) in [6.07, 6.45) is 5.95. The molecule has 0 unspecified atom stereocenters. The highest BCUT2D eigenvalue weighted by Crippen LogP contribution is 2.31. The SMILES string of the molecule is CC(C)Cn1cc(-c2c[nH]c3ccc(-c4nnc(N)o4)cc23)cn1. The van der Waals surface area contributed by atoms with Crippen LogP contribution in [0.3, 0.4) is 0 Å². The summed E-state index contributed by atoms with van der Waals surface area (Å²) < 4.78 is 7.29. The molecule has 3 aromatic heterocycles. The van der Waals surface area contributed by atoms with Crippen LogP contribution in [0.4, 0.5) is 6.01 Å². The Balaban J connectivity index is 1.77. The third-order valence-electron chi connectivity index (χ3n) is 3.87. The Hall–Kier alpha value is -3.09. The number of fused-ring (bicyclic) bond motifs is 1. The first-order valence-corrected chi connectivity index (χ1v) is 7.83. The summed E-state index contributed by atoms with van der Waals surface area (Å²) in [6, 6.07) is 6.01. The third kappa shape index (κ3) is 2.54. The Morgan fingerprint density at radius 3 is 2.88 bits per heavy atom. The number of rotatable bonds is 4. The van der Waals surface area contributed by atoms with Gasteiger partial charge in [0, 0.05) is 46.5 Å². The van der Waals surface area contributed by atoms with Crippen LogP contribution in [-0.4, -0.2) is 25.0 Å². The van der Waals surface area contributed by atoms with Gasteiger partial charge < -0.3 is 15.1 Å². The summed E-state index contributed by atoms with van der Waals surface area (Å²) in [5.41, 5.74) is 9.55. The Morgan fingerprint density at radius 2 is 2.12 bits per heavy atom. The molecule has 0 aliphatic heterocycles. The van der Waals surface area contributed by atoms with Crippen LogP contribution in [0.2, 0.25) is 0 Å². The van der Waals surface area contributed by atoms with Crippen molar-refractivity contribution in [2.45, 2.75) is 20.4 Å². The summed E-state index contributed by atoms with van der Waals surface area (Å²) in [4.78, 5) is 3.29. The Kier molecular flexibility index (Phi) is 3.34. The molecular formula is C17H18N6O. The zero-order valence-corrected chi connectivity index (χ0v) is 13.5. The second-order valence-electron chi connectivity index (χ2n) is 6.25. The van der Waals surface area contributed by atoms with E-state index in [1.165, 1.54) is 0 Å². The van der Waals surface area contributed by atoms with Gasteiger partial charge in [0.15, 0.2) is 0 Å². The molecule has 0 spiro atoms. The zero-order valence-electron chi connectivity index (χ0n) is 13.5. The Morgan fingerprint density at radius 1 is 1.25 bits per heavy atom. The predicted octanol–water partition coefficient (Wildman–Crippen LogP) is 3.32. The van der Waals surface area contributed by atoms with E-state index in [1.807, 2.05) is 35.3 Å². The van der Waals surface area contributed by atoms with Crippen molar-refractivity contribution in [3.63, 3.8) is 0 Å². The summed E-state index contributed by atoms with van der Waals surface area (Å²) >= 11 is 0. The van der Waals surface area contributed by atoms with E-state index in [9.17, 15) is 0 Å². The van der Waals surface area contributed by atoms with Crippen LogP contribution < -0.4 is 5.73 Å². The molecule has 0 radical (unpaired) electrons. The van der Waals surface area contributed by atoms with Crippen LogP contribution in [0.1, 0.15) is 13.8 Å². The molecule has 4 rings (SSSR count). The molecule has 0 aliphatic rings. The number of nitrogen functional groups attached to an aromatic ring is 1. The van der Waals surface area contributed by atoms with E-state index < -0.39 is 0 Å². The summed E-state index contributed by atoms with van der Waals surface area (Å²) in [6.45, 7) is 5.25. The number of benzene rings is 1. The molecule has 0 saturated carbocycles. The predicted molar refractivity (Wildman–Crippen MR) is 92.1 cm³/mol. The van der Waals surface area contributed by atoms with Gasteiger partial charge in [0.1, 0.15) is 0 Å². The van der Waals surface area contributed by atoms with Gasteiger partial charge in [-0.3, -0.25) is 4.68 Å².